The quantitative estimate of drug-likeness (QED) is 0.804. The van der Waals surface area contributed by atoms with Crippen LogP contribution in [0.15, 0.2) is 0 Å². The predicted molar refractivity (Wildman–Crippen MR) is 83.6 cm³/mol. The van der Waals surface area contributed by atoms with Crippen molar-refractivity contribution in [3.8, 4) is 0 Å². The highest BCUT2D eigenvalue weighted by molar-refractivity contribution is 7.88. The standard InChI is InChI=1S/C15H28N2O3S/c1-3-6-15(7-8-16-12-15)14(18)10-13-5-4-9-17(11-13)21(2,19)20/h13,16H,3-12H2,1-2H3. The minimum atomic E-state index is -3.13. The van der Waals surface area contributed by atoms with Crippen LogP contribution in [-0.2, 0) is 14.8 Å². The molecule has 2 aliphatic rings. The monoisotopic (exact) mass is 316 g/mol. The number of rotatable bonds is 6. The molecule has 122 valence electrons. The van der Waals surface area contributed by atoms with Crippen molar-refractivity contribution in [1.29, 1.82) is 0 Å². The second kappa shape index (κ2) is 6.75. The van der Waals surface area contributed by atoms with Crippen LogP contribution in [0, 0.1) is 11.3 Å². The van der Waals surface area contributed by atoms with Crippen molar-refractivity contribution in [3.05, 3.63) is 0 Å². The van der Waals surface area contributed by atoms with Crippen molar-refractivity contribution in [3.63, 3.8) is 0 Å². The molecule has 0 bridgehead atoms. The van der Waals surface area contributed by atoms with Crippen molar-refractivity contribution in [2.45, 2.75) is 45.4 Å². The molecule has 2 fully saturated rings. The molecule has 5 nitrogen and oxygen atoms in total. The summed E-state index contributed by atoms with van der Waals surface area (Å²) in [6.07, 6.45) is 6.53. The van der Waals surface area contributed by atoms with Crippen LogP contribution in [0.25, 0.3) is 0 Å². The van der Waals surface area contributed by atoms with Gasteiger partial charge in [-0.05, 0) is 38.1 Å². The molecule has 21 heavy (non-hydrogen) atoms. The Morgan fingerprint density at radius 3 is 2.76 bits per heavy atom. The largest absolute Gasteiger partial charge is 0.316 e. The molecule has 2 aliphatic heterocycles. The highest BCUT2D eigenvalue weighted by Crippen LogP contribution is 2.35. The van der Waals surface area contributed by atoms with E-state index in [4.69, 9.17) is 0 Å². The number of hydrogen-bond acceptors (Lipinski definition) is 4. The Labute approximate surface area is 128 Å². The van der Waals surface area contributed by atoms with E-state index in [1.807, 2.05) is 0 Å². The molecule has 2 unspecified atom stereocenters. The number of piperidine rings is 1. The molecule has 2 heterocycles. The van der Waals surface area contributed by atoms with E-state index >= 15 is 0 Å². The maximum absolute atomic E-state index is 12.8. The van der Waals surface area contributed by atoms with Crippen molar-refractivity contribution in [2.24, 2.45) is 11.3 Å². The van der Waals surface area contributed by atoms with Crippen LogP contribution >= 0.6 is 0 Å². The van der Waals surface area contributed by atoms with E-state index in [0.717, 1.165) is 45.2 Å². The summed E-state index contributed by atoms with van der Waals surface area (Å²) in [5.41, 5.74) is -0.192. The number of nitrogens with one attached hydrogen (secondary N) is 1. The molecule has 0 aromatic heterocycles. The first-order valence-electron chi connectivity index (χ1n) is 8.06. The lowest BCUT2D eigenvalue weighted by Crippen LogP contribution is -2.42. The fourth-order valence-electron chi connectivity index (χ4n) is 3.79. The molecule has 0 aromatic carbocycles. The lowest BCUT2D eigenvalue weighted by molar-refractivity contribution is -0.129. The molecule has 6 heteroatoms. The summed E-state index contributed by atoms with van der Waals surface area (Å²) in [7, 11) is -3.13. The molecule has 2 rings (SSSR count). The van der Waals surface area contributed by atoms with Gasteiger partial charge >= 0.3 is 0 Å². The van der Waals surface area contributed by atoms with Gasteiger partial charge in [-0.3, -0.25) is 4.79 Å². The number of ketones is 1. The van der Waals surface area contributed by atoms with Crippen LogP contribution in [0.1, 0.15) is 45.4 Å². The second-order valence-corrected chi connectivity index (χ2v) is 8.70. The van der Waals surface area contributed by atoms with E-state index in [-0.39, 0.29) is 11.3 Å². The third kappa shape index (κ3) is 4.05. The van der Waals surface area contributed by atoms with Gasteiger partial charge in [0.2, 0.25) is 10.0 Å². The van der Waals surface area contributed by atoms with Crippen LogP contribution in [0.4, 0.5) is 0 Å². The van der Waals surface area contributed by atoms with Gasteiger partial charge in [0.05, 0.1) is 6.26 Å². The number of hydrogen-bond donors (Lipinski definition) is 1. The summed E-state index contributed by atoms with van der Waals surface area (Å²) in [5, 5.41) is 3.32. The van der Waals surface area contributed by atoms with Gasteiger partial charge in [-0.25, -0.2) is 12.7 Å². The van der Waals surface area contributed by atoms with E-state index in [1.165, 1.54) is 10.6 Å². The summed E-state index contributed by atoms with van der Waals surface area (Å²) in [6, 6.07) is 0. The fraction of sp³-hybridized carbons (Fsp3) is 0.933. The fourth-order valence-corrected chi connectivity index (χ4v) is 4.73. The van der Waals surface area contributed by atoms with E-state index in [0.29, 0.717) is 25.3 Å². The van der Waals surface area contributed by atoms with Crippen molar-refractivity contribution >= 4 is 15.8 Å². The maximum atomic E-state index is 12.8. The van der Waals surface area contributed by atoms with Crippen molar-refractivity contribution in [2.75, 3.05) is 32.4 Å². The Hall–Kier alpha value is -0.460. The lowest BCUT2D eigenvalue weighted by atomic mass is 9.75. The molecule has 0 aromatic rings. The molecule has 2 atom stereocenters. The second-order valence-electron chi connectivity index (χ2n) is 6.71. The highest BCUT2D eigenvalue weighted by atomic mass is 32.2. The normalized spacial score (nSPS) is 31.4. The Morgan fingerprint density at radius 2 is 2.19 bits per heavy atom. The zero-order chi connectivity index (χ0) is 15.5. The number of carbonyl (C=O) groups excluding carboxylic acids is 1. The summed E-state index contributed by atoms with van der Waals surface area (Å²) in [5.74, 6) is 0.532. The van der Waals surface area contributed by atoms with Gasteiger partial charge in [-0.15, -0.1) is 0 Å². The summed E-state index contributed by atoms with van der Waals surface area (Å²) in [6.45, 7) is 4.96. The van der Waals surface area contributed by atoms with Gasteiger partial charge in [0.15, 0.2) is 0 Å². The Balaban J connectivity index is 1.98. The average molecular weight is 316 g/mol. The highest BCUT2D eigenvalue weighted by Gasteiger charge is 2.41. The molecule has 2 saturated heterocycles. The summed E-state index contributed by atoms with van der Waals surface area (Å²) >= 11 is 0. The van der Waals surface area contributed by atoms with Gasteiger partial charge < -0.3 is 5.32 Å². The number of nitrogens with zero attached hydrogens (tertiary/aromatic N) is 1. The van der Waals surface area contributed by atoms with Crippen LogP contribution in [0.5, 0.6) is 0 Å². The Bertz CT molecular complexity index is 469. The molecule has 0 saturated carbocycles. The van der Waals surface area contributed by atoms with Crippen LogP contribution in [0.3, 0.4) is 0 Å². The minimum Gasteiger partial charge on any atom is -0.316 e. The number of Topliss-reactive ketones (excluding diaryl/α,β-unsaturated/α-hetero) is 1. The zero-order valence-corrected chi connectivity index (χ0v) is 14.0. The van der Waals surface area contributed by atoms with E-state index < -0.39 is 10.0 Å². The topological polar surface area (TPSA) is 66.5 Å². The third-order valence-corrected chi connectivity index (χ3v) is 6.26. The first-order valence-corrected chi connectivity index (χ1v) is 9.91. The third-order valence-electron chi connectivity index (χ3n) is 4.99. The predicted octanol–water partition coefficient (Wildman–Crippen LogP) is 1.40. The van der Waals surface area contributed by atoms with E-state index in [9.17, 15) is 13.2 Å². The molecular weight excluding hydrogens is 288 g/mol. The van der Waals surface area contributed by atoms with Crippen LogP contribution < -0.4 is 5.32 Å². The molecule has 1 N–H and O–H groups in total. The van der Waals surface area contributed by atoms with Crippen LogP contribution in [-0.4, -0.2) is 50.9 Å². The molecule has 0 spiro atoms. The van der Waals surface area contributed by atoms with Crippen molar-refractivity contribution in [1.82, 2.24) is 9.62 Å². The summed E-state index contributed by atoms with van der Waals surface area (Å²) in [4.78, 5) is 12.8. The SMILES string of the molecule is CCCC1(C(=O)CC2CCCN(S(C)(=O)=O)C2)CCNC1. The van der Waals surface area contributed by atoms with Gasteiger partial charge in [0.1, 0.15) is 5.78 Å². The van der Waals surface area contributed by atoms with E-state index in [1.54, 1.807) is 0 Å². The van der Waals surface area contributed by atoms with Gasteiger partial charge in [-0.2, -0.15) is 0 Å². The van der Waals surface area contributed by atoms with Gasteiger partial charge in [-0.1, -0.05) is 13.3 Å². The van der Waals surface area contributed by atoms with Gasteiger partial charge in [0, 0.05) is 31.5 Å². The minimum absolute atomic E-state index is 0.190. The Morgan fingerprint density at radius 1 is 1.43 bits per heavy atom. The van der Waals surface area contributed by atoms with Crippen LogP contribution in [0.2, 0.25) is 0 Å². The number of carbonyl (C=O) groups is 1. The van der Waals surface area contributed by atoms with Crippen molar-refractivity contribution < 1.29 is 13.2 Å². The van der Waals surface area contributed by atoms with E-state index in [2.05, 4.69) is 12.2 Å². The molecule has 0 radical (unpaired) electrons. The smallest absolute Gasteiger partial charge is 0.211 e. The lowest BCUT2D eigenvalue weighted by Gasteiger charge is -2.33. The first-order chi connectivity index (χ1) is 9.87. The first kappa shape index (κ1) is 16.9. The maximum Gasteiger partial charge on any atom is 0.211 e. The number of sulfonamides is 1. The molecule has 0 aliphatic carbocycles. The Kier molecular flexibility index (Phi) is 5.43. The van der Waals surface area contributed by atoms with Gasteiger partial charge in [0.25, 0.3) is 0 Å². The zero-order valence-electron chi connectivity index (χ0n) is 13.2. The summed E-state index contributed by atoms with van der Waals surface area (Å²) < 4.78 is 24.9. The molecular formula is C15H28N2O3S. The average Bonchev–Trinajstić information content (AvgIpc) is 2.88. The molecule has 0 amide bonds.